The maximum atomic E-state index is 13.1. The number of benzene rings is 2. The molecule has 0 aliphatic carbocycles. The number of carbonyl (C=O) groups is 1. The van der Waals surface area contributed by atoms with Gasteiger partial charge in [-0.1, -0.05) is 6.07 Å². The van der Waals surface area contributed by atoms with E-state index in [1.165, 1.54) is 18.7 Å². The zero-order valence-electron chi connectivity index (χ0n) is 19.6. The number of pyridine rings is 1. The van der Waals surface area contributed by atoms with Gasteiger partial charge in [0.15, 0.2) is 5.65 Å². The first-order chi connectivity index (χ1) is 18.2. The maximum absolute atomic E-state index is 13.1. The van der Waals surface area contributed by atoms with Crippen LogP contribution in [-0.2, 0) is 6.18 Å². The number of rotatable bonds is 5. The van der Waals surface area contributed by atoms with Crippen molar-refractivity contribution >= 4 is 34.3 Å². The summed E-state index contributed by atoms with van der Waals surface area (Å²) in [7, 11) is 0. The van der Waals surface area contributed by atoms with Crippen LogP contribution in [0.4, 0.5) is 30.4 Å². The third-order valence-electron chi connectivity index (χ3n) is 5.74. The van der Waals surface area contributed by atoms with Crippen molar-refractivity contribution in [3.05, 3.63) is 89.6 Å². The number of H-pyrrole nitrogens is 1. The second-order valence-electron chi connectivity index (χ2n) is 8.20. The van der Waals surface area contributed by atoms with Gasteiger partial charge in [0.2, 0.25) is 0 Å². The summed E-state index contributed by atoms with van der Waals surface area (Å²) >= 11 is 0. The predicted molar refractivity (Wildman–Crippen MR) is 133 cm³/mol. The predicted octanol–water partition coefficient (Wildman–Crippen LogP) is 5.61. The lowest BCUT2D eigenvalue weighted by Crippen LogP contribution is -2.14. The van der Waals surface area contributed by atoms with E-state index in [2.05, 4.69) is 35.6 Å². The molecule has 3 heterocycles. The Kier molecular flexibility index (Phi) is 6.18. The van der Waals surface area contributed by atoms with Gasteiger partial charge in [-0.2, -0.15) is 18.4 Å². The van der Waals surface area contributed by atoms with E-state index in [0.717, 1.165) is 23.8 Å². The smallest absolute Gasteiger partial charge is 0.339 e. The summed E-state index contributed by atoms with van der Waals surface area (Å²) in [6, 6.07) is 12.9. The van der Waals surface area contributed by atoms with E-state index in [4.69, 9.17) is 5.26 Å². The number of nitrogens with zero attached hydrogens (tertiary/aromatic N) is 5. The van der Waals surface area contributed by atoms with E-state index in [-0.39, 0.29) is 5.56 Å². The number of aryl methyl sites for hydroxylation is 1. The quantitative estimate of drug-likeness (QED) is 0.278. The van der Waals surface area contributed by atoms with Crippen molar-refractivity contribution in [2.75, 3.05) is 10.6 Å². The summed E-state index contributed by atoms with van der Waals surface area (Å²) < 4.78 is 39.3. The summed E-state index contributed by atoms with van der Waals surface area (Å²) in [4.78, 5) is 33.0. The summed E-state index contributed by atoms with van der Waals surface area (Å²) in [6.07, 6.45) is -0.129. The Morgan fingerprint density at radius 1 is 1.05 bits per heavy atom. The molecular weight excluding hydrogens is 497 g/mol. The van der Waals surface area contributed by atoms with Crippen LogP contribution in [0.1, 0.15) is 27.0 Å². The molecule has 188 valence electrons. The lowest BCUT2D eigenvalue weighted by atomic mass is 10.0. The van der Waals surface area contributed by atoms with Gasteiger partial charge in [-0.05, 0) is 55.0 Å². The number of anilines is 3. The molecule has 9 nitrogen and oxygen atoms in total. The number of halogens is 3. The molecule has 12 heteroatoms. The highest BCUT2D eigenvalue weighted by Crippen LogP contribution is 2.33. The normalized spacial score (nSPS) is 11.2. The van der Waals surface area contributed by atoms with E-state index < -0.39 is 23.2 Å². The lowest BCUT2D eigenvalue weighted by Gasteiger charge is -2.15. The first-order valence-electron chi connectivity index (χ1n) is 11.1. The Bertz CT molecular complexity index is 1720. The molecule has 0 fully saturated rings. The van der Waals surface area contributed by atoms with Gasteiger partial charge in [-0.25, -0.2) is 19.9 Å². The van der Waals surface area contributed by atoms with Gasteiger partial charge in [0.25, 0.3) is 5.91 Å². The van der Waals surface area contributed by atoms with Crippen LogP contribution in [0.5, 0.6) is 0 Å². The number of hydrogen-bond acceptors (Lipinski definition) is 7. The SMILES string of the molecule is Cc1ccc(NC(=O)c2ccc(C(F)(F)F)c(C#N)c2)cc1Nc1ncccc1-c1ncnc2[nH]cnc12. The van der Waals surface area contributed by atoms with Crippen molar-refractivity contribution in [1.29, 1.82) is 5.26 Å². The van der Waals surface area contributed by atoms with Gasteiger partial charge < -0.3 is 15.6 Å². The van der Waals surface area contributed by atoms with Crippen molar-refractivity contribution < 1.29 is 18.0 Å². The molecule has 0 unspecified atom stereocenters. The summed E-state index contributed by atoms with van der Waals surface area (Å²) in [5.74, 6) is -0.172. The van der Waals surface area contributed by atoms with E-state index in [1.54, 1.807) is 30.5 Å². The van der Waals surface area contributed by atoms with Crippen LogP contribution in [0.15, 0.2) is 67.4 Å². The summed E-state index contributed by atoms with van der Waals surface area (Å²) in [5.41, 5.74) is 2.45. The first-order valence-corrected chi connectivity index (χ1v) is 11.1. The summed E-state index contributed by atoms with van der Waals surface area (Å²) in [6.45, 7) is 1.86. The number of fused-ring (bicyclic) bond motifs is 1. The number of aromatic nitrogens is 5. The summed E-state index contributed by atoms with van der Waals surface area (Å²) in [5, 5.41) is 15.1. The van der Waals surface area contributed by atoms with Crippen molar-refractivity contribution in [3.8, 4) is 17.3 Å². The first kappa shape index (κ1) is 24.4. The van der Waals surface area contributed by atoms with Crippen LogP contribution in [0.2, 0.25) is 0 Å². The standard InChI is InChI=1S/C26H17F3N8O/c1-14-4-6-17(36-25(38)15-5-7-19(26(27,28)29)16(9-15)11-30)10-20(14)37-23-18(3-2-8-31-23)21-22-24(34-12-32-21)35-13-33-22/h2-10,12-13H,1H3,(H,31,37)(H,36,38)(H,32,33,34,35). The van der Waals surface area contributed by atoms with Gasteiger partial charge in [-0.3, -0.25) is 4.79 Å². The molecule has 5 rings (SSSR count). The fourth-order valence-electron chi connectivity index (χ4n) is 3.85. The number of hydrogen-bond donors (Lipinski definition) is 3. The van der Waals surface area contributed by atoms with E-state index in [1.807, 2.05) is 13.0 Å². The topological polar surface area (TPSA) is 132 Å². The highest BCUT2D eigenvalue weighted by molar-refractivity contribution is 6.05. The molecule has 38 heavy (non-hydrogen) atoms. The fraction of sp³-hybridized carbons (Fsp3) is 0.0769. The number of imidazole rings is 1. The molecule has 3 aromatic heterocycles. The largest absolute Gasteiger partial charge is 0.417 e. The van der Waals surface area contributed by atoms with Crippen molar-refractivity contribution in [1.82, 2.24) is 24.9 Å². The van der Waals surface area contributed by atoms with Gasteiger partial charge in [0, 0.05) is 28.7 Å². The highest BCUT2D eigenvalue weighted by atomic mass is 19.4. The molecule has 3 N–H and O–H groups in total. The third kappa shape index (κ3) is 4.72. The van der Waals surface area contributed by atoms with Crippen LogP contribution in [0.25, 0.3) is 22.4 Å². The Morgan fingerprint density at radius 3 is 2.68 bits per heavy atom. The minimum atomic E-state index is -4.70. The number of carbonyl (C=O) groups excluding carboxylic acids is 1. The van der Waals surface area contributed by atoms with Gasteiger partial charge >= 0.3 is 6.18 Å². The fourth-order valence-corrected chi connectivity index (χ4v) is 3.85. The van der Waals surface area contributed by atoms with E-state index in [0.29, 0.717) is 39.6 Å². The van der Waals surface area contributed by atoms with Gasteiger partial charge in [0.1, 0.15) is 23.4 Å². The Labute approximate surface area is 213 Å². The molecular formula is C26H17F3N8O. The molecule has 0 bridgehead atoms. The van der Waals surface area contributed by atoms with Crippen LogP contribution < -0.4 is 10.6 Å². The second-order valence-corrected chi connectivity index (χ2v) is 8.20. The molecule has 2 aromatic carbocycles. The third-order valence-corrected chi connectivity index (χ3v) is 5.74. The molecule has 0 radical (unpaired) electrons. The molecule has 5 aromatic rings. The van der Waals surface area contributed by atoms with E-state index in [9.17, 15) is 18.0 Å². The average molecular weight is 514 g/mol. The number of amides is 1. The van der Waals surface area contributed by atoms with Crippen LogP contribution in [-0.4, -0.2) is 30.8 Å². The van der Waals surface area contributed by atoms with Gasteiger partial charge in [-0.15, -0.1) is 0 Å². The highest BCUT2D eigenvalue weighted by Gasteiger charge is 2.33. The van der Waals surface area contributed by atoms with Crippen LogP contribution in [0.3, 0.4) is 0 Å². The molecule has 0 atom stereocenters. The minimum absolute atomic E-state index is 0.0802. The minimum Gasteiger partial charge on any atom is -0.339 e. The lowest BCUT2D eigenvalue weighted by molar-refractivity contribution is -0.137. The molecule has 0 saturated heterocycles. The van der Waals surface area contributed by atoms with Crippen molar-refractivity contribution in [2.45, 2.75) is 13.1 Å². The molecule has 0 aliphatic heterocycles. The zero-order valence-corrected chi connectivity index (χ0v) is 19.6. The Morgan fingerprint density at radius 2 is 1.89 bits per heavy atom. The van der Waals surface area contributed by atoms with Crippen LogP contribution in [0, 0.1) is 18.3 Å². The number of nitriles is 1. The van der Waals surface area contributed by atoms with Crippen molar-refractivity contribution in [3.63, 3.8) is 0 Å². The van der Waals surface area contributed by atoms with E-state index >= 15 is 0 Å². The monoisotopic (exact) mass is 514 g/mol. The molecule has 1 amide bonds. The maximum Gasteiger partial charge on any atom is 0.417 e. The molecule has 0 saturated carbocycles. The molecule has 0 spiro atoms. The Hall–Kier alpha value is -5.31. The number of nitrogens with one attached hydrogen (secondary N) is 3. The second kappa shape index (κ2) is 9.62. The number of aromatic amines is 1. The zero-order chi connectivity index (χ0) is 26.9. The van der Waals surface area contributed by atoms with Crippen LogP contribution >= 0.6 is 0 Å². The van der Waals surface area contributed by atoms with Gasteiger partial charge in [0.05, 0.1) is 23.5 Å². The van der Waals surface area contributed by atoms with Crippen molar-refractivity contribution in [2.24, 2.45) is 0 Å². The molecule has 0 aliphatic rings. The average Bonchev–Trinajstić information content (AvgIpc) is 3.39. The Balaban J connectivity index is 1.43. The number of alkyl halides is 3.